The van der Waals surface area contributed by atoms with E-state index in [-0.39, 0.29) is 0 Å². The molecule has 0 radical (unpaired) electrons. The van der Waals surface area contributed by atoms with Crippen LogP contribution in [0.2, 0.25) is 0 Å². The van der Waals surface area contributed by atoms with Crippen LogP contribution in [0.4, 0.5) is 0 Å². The Morgan fingerprint density at radius 3 is 2.40 bits per heavy atom. The van der Waals surface area contributed by atoms with Crippen molar-refractivity contribution >= 4 is 0 Å². The van der Waals surface area contributed by atoms with Gasteiger partial charge in [0, 0.05) is 6.04 Å². The number of rotatable bonds is 3. The van der Waals surface area contributed by atoms with Gasteiger partial charge < -0.3 is 4.90 Å². The Hall–Kier alpha value is -0.0400. The van der Waals surface area contributed by atoms with Crippen molar-refractivity contribution < 1.29 is 0 Å². The summed E-state index contributed by atoms with van der Waals surface area (Å²) in [5, 5.41) is 0. The van der Waals surface area contributed by atoms with Crippen molar-refractivity contribution in [1.29, 1.82) is 0 Å². The Kier molecular flexibility index (Phi) is 3.20. The summed E-state index contributed by atoms with van der Waals surface area (Å²) in [5.74, 6) is 0. The van der Waals surface area contributed by atoms with Gasteiger partial charge in [-0.2, -0.15) is 0 Å². The summed E-state index contributed by atoms with van der Waals surface area (Å²) in [4.78, 5) is 2.61. The van der Waals surface area contributed by atoms with Gasteiger partial charge in [-0.25, -0.2) is 0 Å². The highest BCUT2D eigenvalue weighted by atomic mass is 15.2. The van der Waals surface area contributed by atoms with Crippen LogP contribution in [0.5, 0.6) is 0 Å². The third-order valence-electron chi connectivity index (χ3n) is 2.47. The number of hydrogen-bond acceptors (Lipinski definition) is 1. The van der Waals surface area contributed by atoms with Gasteiger partial charge in [0.1, 0.15) is 0 Å². The summed E-state index contributed by atoms with van der Waals surface area (Å²) < 4.78 is 0. The minimum Gasteiger partial charge on any atom is -0.301 e. The molecule has 1 fully saturated rings. The SMILES string of the molecule is CCC[C@@H](C)N1CCCC1. The van der Waals surface area contributed by atoms with Crippen molar-refractivity contribution in [2.75, 3.05) is 13.1 Å². The number of hydrogen-bond donors (Lipinski definition) is 0. The highest BCUT2D eigenvalue weighted by molar-refractivity contribution is 4.71. The van der Waals surface area contributed by atoms with Gasteiger partial charge in [0.15, 0.2) is 0 Å². The van der Waals surface area contributed by atoms with Crippen LogP contribution < -0.4 is 0 Å². The Morgan fingerprint density at radius 2 is 1.90 bits per heavy atom. The van der Waals surface area contributed by atoms with Crippen LogP contribution in [0.1, 0.15) is 39.5 Å². The highest BCUT2D eigenvalue weighted by Gasteiger charge is 2.16. The van der Waals surface area contributed by atoms with E-state index in [1.165, 1.54) is 38.8 Å². The quantitative estimate of drug-likeness (QED) is 0.583. The van der Waals surface area contributed by atoms with E-state index in [0.717, 1.165) is 6.04 Å². The molecule has 1 heterocycles. The monoisotopic (exact) mass is 141 g/mol. The van der Waals surface area contributed by atoms with E-state index in [4.69, 9.17) is 0 Å². The van der Waals surface area contributed by atoms with Gasteiger partial charge in [-0.1, -0.05) is 13.3 Å². The average Bonchev–Trinajstić information content (AvgIpc) is 2.38. The standard InChI is InChI=1S/C9H19N/c1-3-6-9(2)10-7-4-5-8-10/h9H,3-8H2,1-2H3/t9-/m1/s1. The lowest BCUT2D eigenvalue weighted by Gasteiger charge is -2.22. The second-order valence-electron chi connectivity index (χ2n) is 3.38. The first-order valence-electron chi connectivity index (χ1n) is 4.58. The Labute approximate surface area is 64.4 Å². The molecule has 0 aromatic heterocycles. The highest BCUT2D eigenvalue weighted by Crippen LogP contribution is 2.14. The van der Waals surface area contributed by atoms with Gasteiger partial charge in [0.2, 0.25) is 0 Å². The van der Waals surface area contributed by atoms with E-state index in [0.29, 0.717) is 0 Å². The minimum absolute atomic E-state index is 0.840. The fourth-order valence-electron chi connectivity index (χ4n) is 1.78. The molecule has 0 unspecified atom stereocenters. The predicted octanol–water partition coefficient (Wildman–Crippen LogP) is 2.27. The molecule has 1 aliphatic heterocycles. The second-order valence-corrected chi connectivity index (χ2v) is 3.38. The largest absolute Gasteiger partial charge is 0.301 e. The maximum atomic E-state index is 2.61. The Balaban J connectivity index is 2.18. The van der Waals surface area contributed by atoms with E-state index in [1.807, 2.05) is 0 Å². The number of nitrogens with zero attached hydrogens (tertiary/aromatic N) is 1. The zero-order chi connectivity index (χ0) is 7.40. The van der Waals surface area contributed by atoms with Gasteiger partial charge in [-0.05, 0) is 39.3 Å². The predicted molar refractivity (Wildman–Crippen MR) is 45.2 cm³/mol. The maximum Gasteiger partial charge on any atom is 0.00668 e. The fourth-order valence-corrected chi connectivity index (χ4v) is 1.78. The molecule has 1 aliphatic rings. The van der Waals surface area contributed by atoms with Crippen molar-refractivity contribution in [2.24, 2.45) is 0 Å². The first kappa shape index (κ1) is 8.06. The van der Waals surface area contributed by atoms with E-state index < -0.39 is 0 Å². The second kappa shape index (κ2) is 3.97. The normalized spacial score (nSPS) is 23.4. The van der Waals surface area contributed by atoms with E-state index >= 15 is 0 Å². The van der Waals surface area contributed by atoms with Crippen LogP contribution in [0.3, 0.4) is 0 Å². The fraction of sp³-hybridized carbons (Fsp3) is 1.00. The molecule has 1 nitrogen and oxygen atoms in total. The van der Waals surface area contributed by atoms with Crippen molar-refractivity contribution in [3.63, 3.8) is 0 Å². The van der Waals surface area contributed by atoms with Crippen LogP contribution in [0, 0.1) is 0 Å². The average molecular weight is 141 g/mol. The first-order valence-corrected chi connectivity index (χ1v) is 4.58. The molecule has 0 aromatic rings. The van der Waals surface area contributed by atoms with Crippen molar-refractivity contribution in [1.82, 2.24) is 4.90 Å². The third-order valence-corrected chi connectivity index (χ3v) is 2.47. The van der Waals surface area contributed by atoms with Gasteiger partial charge in [-0.15, -0.1) is 0 Å². The van der Waals surface area contributed by atoms with Crippen LogP contribution >= 0.6 is 0 Å². The molecular formula is C9H19N. The maximum absolute atomic E-state index is 2.61. The molecule has 1 heteroatoms. The molecule has 0 saturated carbocycles. The van der Waals surface area contributed by atoms with Crippen LogP contribution in [-0.2, 0) is 0 Å². The molecular weight excluding hydrogens is 122 g/mol. The summed E-state index contributed by atoms with van der Waals surface area (Å²) in [6, 6.07) is 0.840. The van der Waals surface area contributed by atoms with Crippen LogP contribution in [0.25, 0.3) is 0 Å². The molecule has 10 heavy (non-hydrogen) atoms. The molecule has 0 aliphatic carbocycles. The minimum atomic E-state index is 0.840. The molecule has 1 saturated heterocycles. The summed E-state index contributed by atoms with van der Waals surface area (Å²) in [6.45, 7) is 7.32. The van der Waals surface area contributed by atoms with Crippen molar-refractivity contribution in [3.05, 3.63) is 0 Å². The van der Waals surface area contributed by atoms with E-state index in [9.17, 15) is 0 Å². The number of likely N-dealkylation sites (tertiary alicyclic amines) is 1. The molecule has 0 N–H and O–H groups in total. The molecule has 1 rings (SSSR count). The van der Waals surface area contributed by atoms with Crippen molar-refractivity contribution in [2.45, 2.75) is 45.6 Å². The summed E-state index contributed by atoms with van der Waals surface area (Å²) in [6.07, 6.45) is 5.56. The molecule has 0 bridgehead atoms. The first-order chi connectivity index (χ1) is 4.84. The zero-order valence-electron chi connectivity index (χ0n) is 7.27. The summed E-state index contributed by atoms with van der Waals surface area (Å²) >= 11 is 0. The third kappa shape index (κ3) is 1.98. The lowest BCUT2D eigenvalue weighted by molar-refractivity contribution is 0.246. The topological polar surface area (TPSA) is 3.24 Å². The van der Waals surface area contributed by atoms with Gasteiger partial charge in [-0.3, -0.25) is 0 Å². The molecule has 0 amide bonds. The lowest BCUT2D eigenvalue weighted by atomic mass is 10.2. The molecule has 1 atom stereocenters. The van der Waals surface area contributed by atoms with E-state index in [1.54, 1.807) is 0 Å². The zero-order valence-corrected chi connectivity index (χ0v) is 7.27. The summed E-state index contributed by atoms with van der Waals surface area (Å²) in [5.41, 5.74) is 0. The van der Waals surface area contributed by atoms with Gasteiger partial charge in [0.05, 0.1) is 0 Å². The van der Waals surface area contributed by atoms with Crippen LogP contribution in [0.15, 0.2) is 0 Å². The smallest absolute Gasteiger partial charge is 0.00668 e. The molecule has 0 spiro atoms. The Morgan fingerprint density at radius 1 is 1.30 bits per heavy atom. The molecule has 0 aromatic carbocycles. The van der Waals surface area contributed by atoms with Gasteiger partial charge in [0.25, 0.3) is 0 Å². The summed E-state index contributed by atoms with van der Waals surface area (Å²) in [7, 11) is 0. The van der Waals surface area contributed by atoms with Crippen molar-refractivity contribution in [3.8, 4) is 0 Å². The van der Waals surface area contributed by atoms with E-state index in [2.05, 4.69) is 18.7 Å². The van der Waals surface area contributed by atoms with Crippen LogP contribution in [-0.4, -0.2) is 24.0 Å². The lowest BCUT2D eigenvalue weighted by Crippen LogP contribution is -2.29. The van der Waals surface area contributed by atoms with Gasteiger partial charge >= 0.3 is 0 Å². The Bertz CT molecular complexity index is 84.7. The molecule has 60 valence electrons.